The molecule has 2 aliphatic rings. The zero-order chi connectivity index (χ0) is 40.8. The standard InChI is InChI=1S/C35H45ClO18S/c1-17(37)44-14-26-28(47-19(3)39)30(48-20(4)40)33(51-23(7)43)35(53-26)54-29-27(15-45-18(2)38)52-34(32(50-22(6)42)31(29)49-21(5)41)46-13-24(36)16-55-25-11-9-8-10-12-25/h8-12,24,26-35H,13-16H2,1-7H3/t24?,26-,27-,28-,29-,30+,31+,32-,33-,34-,35+/m1/s1. The molecule has 0 aliphatic carbocycles. The molecule has 0 amide bonds. The van der Waals surface area contributed by atoms with E-state index in [0.29, 0.717) is 5.75 Å². The Morgan fingerprint density at radius 2 is 1.00 bits per heavy atom. The van der Waals surface area contributed by atoms with E-state index in [4.69, 9.17) is 63.7 Å². The van der Waals surface area contributed by atoms with Gasteiger partial charge in [0.15, 0.2) is 43.1 Å². The minimum atomic E-state index is -1.80. The van der Waals surface area contributed by atoms with Crippen LogP contribution in [0.1, 0.15) is 48.5 Å². The van der Waals surface area contributed by atoms with E-state index in [9.17, 15) is 33.6 Å². The Balaban J connectivity index is 2.06. The van der Waals surface area contributed by atoms with Crippen molar-refractivity contribution >= 4 is 65.1 Å². The predicted octanol–water partition coefficient (Wildman–Crippen LogP) is 2.02. The molecule has 20 heteroatoms. The molecule has 2 fully saturated rings. The average Bonchev–Trinajstić information content (AvgIpc) is 3.08. The number of alkyl halides is 1. The SMILES string of the molecule is CC(=O)OC[C@H]1O[C@@H](O[C@H]2[C@H](OC(C)=O)[C@@H](OC(C)=O)[C@H](OCC(Cl)CSc3ccccc3)O[C@@H]2COC(C)=O)[C@H](OC(C)=O)[C@@H](OC(C)=O)[C@@H]1OC(C)=O. The number of ether oxygens (including phenoxy) is 11. The lowest BCUT2D eigenvalue weighted by Crippen LogP contribution is -2.67. The molecule has 1 unspecified atom stereocenters. The van der Waals surface area contributed by atoms with Gasteiger partial charge in [-0.1, -0.05) is 18.2 Å². The molecule has 18 nitrogen and oxygen atoms in total. The molecule has 0 radical (unpaired) electrons. The van der Waals surface area contributed by atoms with E-state index >= 15 is 0 Å². The van der Waals surface area contributed by atoms with Crippen molar-refractivity contribution in [1.82, 2.24) is 0 Å². The van der Waals surface area contributed by atoms with E-state index in [1.165, 1.54) is 11.8 Å². The maximum Gasteiger partial charge on any atom is 0.303 e. The van der Waals surface area contributed by atoms with Gasteiger partial charge in [0, 0.05) is 59.1 Å². The molecule has 0 aromatic heterocycles. The van der Waals surface area contributed by atoms with E-state index in [0.717, 1.165) is 53.4 Å². The highest BCUT2D eigenvalue weighted by Gasteiger charge is 2.57. The maximum atomic E-state index is 12.6. The number of halogens is 1. The first-order valence-electron chi connectivity index (χ1n) is 17.0. The molecule has 1 aromatic rings. The molecule has 0 bridgehead atoms. The third-order valence-electron chi connectivity index (χ3n) is 7.50. The molecule has 0 saturated carbocycles. The van der Waals surface area contributed by atoms with Crippen molar-refractivity contribution in [3.8, 4) is 0 Å². The van der Waals surface area contributed by atoms with Gasteiger partial charge in [0.25, 0.3) is 0 Å². The van der Waals surface area contributed by atoms with Crippen LogP contribution < -0.4 is 0 Å². The Morgan fingerprint density at radius 3 is 1.49 bits per heavy atom. The fraction of sp³-hybridized carbons (Fsp3) is 0.629. The molecule has 55 heavy (non-hydrogen) atoms. The molecule has 0 N–H and O–H groups in total. The van der Waals surface area contributed by atoms with Gasteiger partial charge >= 0.3 is 41.8 Å². The number of hydrogen-bond acceptors (Lipinski definition) is 19. The Kier molecular flexibility index (Phi) is 18.1. The van der Waals surface area contributed by atoms with Gasteiger partial charge < -0.3 is 52.1 Å². The van der Waals surface area contributed by atoms with Crippen LogP contribution in [-0.4, -0.2) is 134 Å². The normalized spacial score (nSPS) is 28.1. The summed E-state index contributed by atoms with van der Waals surface area (Å²) in [5, 5.41) is -0.600. The van der Waals surface area contributed by atoms with Crippen molar-refractivity contribution < 1.29 is 85.7 Å². The lowest BCUT2D eigenvalue weighted by molar-refractivity contribution is -0.361. The van der Waals surface area contributed by atoms with E-state index in [1.807, 2.05) is 30.3 Å². The van der Waals surface area contributed by atoms with Crippen molar-refractivity contribution in [2.75, 3.05) is 25.6 Å². The summed E-state index contributed by atoms with van der Waals surface area (Å²) in [6, 6.07) is 9.44. The third-order valence-corrected chi connectivity index (χ3v) is 9.14. The lowest BCUT2D eigenvalue weighted by atomic mass is 9.96. The highest BCUT2D eigenvalue weighted by molar-refractivity contribution is 7.99. The van der Waals surface area contributed by atoms with E-state index < -0.39 is 122 Å². The second kappa shape index (κ2) is 21.9. The van der Waals surface area contributed by atoms with Crippen LogP contribution in [-0.2, 0) is 85.7 Å². The first-order chi connectivity index (χ1) is 25.9. The van der Waals surface area contributed by atoms with Gasteiger partial charge in [-0.05, 0) is 12.1 Å². The topological polar surface area (TPSA) is 221 Å². The Bertz CT molecular complexity index is 1490. The molecular formula is C35H45ClO18S. The van der Waals surface area contributed by atoms with Crippen molar-refractivity contribution in [3.63, 3.8) is 0 Å². The summed E-state index contributed by atoms with van der Waals surface area (Å²) in [4.78, 5) is 86.8. The van der Waals surface area contributed by atoms with E-state index in [2.05, 4.69) is 0 Å². The first-order valence-corrected chi connectivity index (χ1v) is 18.4. The maximum absolute atomic E-state index is 12.6. The van der Waals surface area contributed by atoms with Crippen LogP contribution in [0.2, 0.25) is 0 Å². The summed E-state index contributed by atoms with van der Waals surface area (Å²) in [6.45, 7) is 6.24. The second-order valence-electron chi connectivity index (χ2n) is 12.2. The van der Waals surface area contributed by atoms with Crippen molar-refractivity contribution in [2.24, 2.45) is 0 Å². The summed E-state index contributed by atoms with van der Waals surface area (Å²) >= 11 is 8.05. The van der Waals surface area contributed by atoms with Gasteiger partial charge in [-0.2, -0.15) is 0 Å². The van der Waals surface area contributed by atoms with Crippen LogP contribution in [0.15, 0.2) is 35.2 Å². The van der Waals surface area contributed by atoms with Gasteiger partial charge in [0.1, 0.15) is 31.5 Å². The number of carbonyl (C=O) groups excluding carboxylic acids is 7. The van der Waals surface area contributed by atoms with Crippen LogP contribution in [0.5, 0.6) is 0 Å². The van der Waals surface area contributed by atoms with E-state index in [1.54, 1.807) is 0 Å². The van der Waals surface area contributed by atoms with Crippen molar-refractivity contribution in [3.05, 3.63) is 30.3 Å². The minimum Gasteiger partial charge on any atom is -0.463 e. The number of hydrogen-bond donors (Lipinski definition) is 0. The number of benzene rings is 1. The minimum absolute atomic E-state index is 0.151. The van der Waals surface area contributed by atoms with Crippen molar-refractivity contribution in [1.29, 1.82) is 0 Å². The quantitative estimate of drug-likeness (QED) is 0.0949. The molecule has 2 aliphatic heterocycles. The molecule has 0 spiro atoms. The van der Waals surface area contributed by atoms with Crippen LogP contribution in [0.3, 0.4) is 0 Å². The smallest absolute Gasteiger partial charge is 0.303 e. The zero-order valence-corrected chi connectivity index (χ0v) is 32.8. The van der Waals surface area contributed by atoms with Crippen LogP contribution >= 0.6 is 23.4 Å². The largest absolute Gasteiger partial charge is 0.463 e. The molecule has 3 rings (SSSR count). The molecule has 11 atom stereocenters. The highest BCUT2D eigenvalue weighted by Crippen LogP contribution is 2.36. The second-order valence-corrected chi connectivity index (χ2v) is 13.9. The molecule has 2 heterocycles. The Labute approximate surface area is 326 Å². The Hall–Kier alpha value is -4.01. The summed E-state index contributed by atoms with van der Waals surface area (Å²) in [5.74, 6) is -5.48. The summed E-state index contributed by atoms with van der Waals surface area (Å²) < 4.78 is 62.6. The van der Waals surface area contributed by atoms with Crippen LogP contribution in [0.25, 0.3) is 0 Å². The van der Waals surface area contributed by atoms with E-state index in [-0.39, 0.29) is 6.61 Å². The van der Waals surface area contributed by atoms with Gasteiger partial charge in [0.2, 0.25) is 0 Å². The fourth-order valence-corrected chi connectivity index (χ4v) is 6.64. The average molecular weight is 821 g/mol. The Morgan fingerprint density at radius 1 is 0.582 bits per heavy atom. The van der Waals surface area contributed by atoms with Gasteiger partial charge in [-0.3, -0.25) is 33.6 Å². The fourth-order valence-electron chi connectivity index (χ4n) is 5.56. The lowest BCUT2D eigenvalue weighted by Gasteiger charge is -2.48. The molecular weight excluding hydrogens is 776 g/mol. The summed E-state index contributed by atoms with van der Waals surface area (Å²) in [5.41, 5.74) is 0. The van der Waals surface area contributed by atoms with Crippen LogP contribution in [0.4, 0.5) is 0 Å². The number of esters is 7. The number of rotatable bonds is 17. The zero-order valence-electron chi connectivity index (χ0n) is 31.2. The number of thioether (sulfide) groups is 1. The van der Waals surface area contributed by atoms with Crippen LogP contribution in [0, 0.1) is 0 Å². The highest BCUT2D eigenvalue weighted by atomic mass is 35.5. The van der Waals surface area contributed by atoms with Gasteiger partial charge in [0.05, 0.1) is 12.0 Å². The summed E-state index contributed by atoms with van der Waals surface area (Å²) in [7, 11) is 0. The summed E-state index contributed by atoms with van der Waals surface area (Å²) in [6.07, 6.45) is -15.6. The third kappa shape index (κ3) is 14.9. The van der Waals surface area contributed by atoms with Crippen molar-refractivity contribution in [2.45, 2.75) is 120 Å². The molecule has 2 saturated heterocycles. The predicted molar refractivity (Wildman–Crippen MR) is 186 cm³/mol. The van der Waals surface area contributed by atoms with Gasteiger partial charge in [-0.15, -0.1) is 23.4 Å². The molecule has 1 aromatic carbocycles. The molecule has 306 valence electrons. The first kappa shape index (κ1) is 45.4. The van der Waals surface area contributed by atoms with Gasteiger partial charge in [-0.25, -0.2) is 0 Å². The monoisotopic (exact) mass is 820 g/mol. The number of carbonyl (C=O) groups is 7.